The van der Waals surface area contributed by atoms with Crippen LogP contribution in [0.5, 0.6) is 0 Å². The fourth-order valence-corrected chi connectivity index (χ4v) is 2.86. The molecule has 0 radical (unpaired) electrons. The number of carbonyl (C=O) groups excluding carboxylic acids is 2. The predicted octanol–water partition coefficient (Wildman–Crippen LogP) is 0.892. The highest BCUT2D eigenvalue weighted by atomic mass is 32.2. The number of hydroxylamine groups is 1. The summed E-state index contributed by atoms with van der Waals surface area (Å²) < 4.78 is 30.1. The Hall–Kier alpha value is -1.97. The number of carbonyl (C=O) groups is 2. The van der Waals surface area contributed by atoms with Crippen molar-refractivity contribution in [1.82, 2.24) is 9.37 Å². The molecule has 0 aliphatic carbocycles. The van der Waals surface area contributed by atoms with Crippen LogP contribution in [0, 0.1) is 0 Å². The van der Waals surface area contributed by atoms with E-state index in [0.29, 0.717) is 4.47 Å². The summed E-state index contributed by atoms with van der Waals surface area (Å²) in [5.41, 5.74) is 0.138. The van der Waals surface area contributed by atoms with Crippen LogP contribution in [0.15, 0.2) is 29.2 Å². The first-order chi connectivity index (χ1) is 11.2. The highest BCUT2D eigenvalue weighted by molar-refractivity contribution is 7.89. The van der Waals surface area contributed by atoms with Crippen molar-refractivity contribution in [3.05, 3.63) is 29.8 Å². The lowest BCUT2D eigenvalue weighted by Gasteiger charge is -2.23. The lowest BCUT2D eigenvalue weighted by atomic mass is 10.2. The number of amides is 1. The number of nitrogens with zero attached hydrogens (tertiary/aromatic N) is 2. The van der Waals surface area contributed by atoms with E-state index in [4.69, 9.17) is 9.57 Å². The van der Waals surface area contributed by atoms with Gasteiger partial charge in [0.05, 0.1) is 18.6 Å². The van der Waals surface area contributed by atoms with Gasteiger partial charge in [0, 0.05) is 19.7 Å². The number of sulfonamides is 1. The fourth-order valence-electron chi connectivity index (χ4n) is 1.84. The molecule has 0 bridgehead atoms. The molecular formula is C15H22N2O6S. The third-order valence-electron chi connectivity index (χ3n) is 3.50. The molecule has 1 rings (SSSR count). The number of rotatable bonds is 7. The van der Waals surface area contributed by atoms with Gasteiger partial charge in [-0.05, 0) is 32.0 Å². The van der Waals surface area contributed by atoms with E-state index < -0.39 is 27.9 Å². The average molecular weight is 358 g/mol. The van der Waals surface area contributed by atoms with E-state index in [1.807, 2.05) is 0 Å². The van der Waals surface area contributed by atoms with Crippen LogP contribution in [0.1, 0.15) is 24.2 Å². The Bertz CT molecular complexity index is 704. The summed E-state index contributed by atoms with van der Waals surface area (Å²) in [6, 6.07) is 4.73. The smallest absolute Gasteiger partial charge is 0.328 e. The zero-order valence-corrected chi connectivity index (χ0v) is 15.2. The Morgan fingerprint density at radius 1 is 1.25 bits per heavy atom. The van der Waals surface area contributed by atoms with Crippen molar-refractivity contribution in [3.8, 4) is 0 Å². The maximum Gasteiger partial charge on any atom is 0.328 e. The maximum atomic E-state index is 12.5. The molecule has 0 aromatic heterocycles. The molecule has 0 saturated heterocycles. The maximum absolute atomic E-state index is 12.5. The number of benzene rings is 1. The van der Waals surface area contributed by atoms with Gasteiger partial charge in [0.2, 0.25) is 0 Å². The number of hydrogen-bond donors (Lipinski definition) is 0. The Labute approximate surface area is 142 Å². The van der Waals surface area contributed by atoms with Crippen LogP contribution >= 0.6 is 0 Å². The zero-order valence-electron chi connectivity index (χ0n) is 14.3. The first kappa shape index (κ1) is 20.1. The van der Waals surface area contributed by atoms with E-state index in [2.05, 4.69) is 0 Å². The fraction of sp³-hybridized carbons (Fsp3) is 0.467. The Kier molecular flexibility index (Phi) is 6.88. The summed E-state index contributed by atoms with van der Waals surface area (Å²) in [4.78, 5) is 30.0. The number of likely N-dealkylation sites (N-methyl/N-ethyl adjacent to an activating group) is 1. The predicted molar refractivity (Wildman–Crippen MR) is 86.6 cm³/mol. The lowest BCUT2D eigenvalue weighted by molar-refractivity contribution is -0.147. The molecule has 8 nitrogen and oxygen atoms in total. The number of esters is 1. The van der Waals surface area contributed by atoms with E-state index in [1.165, 1.54) is 57.3 Å². The van der Waals surface area contributed by atoms with Gasteiger partial charge >= 0.3 is 5.97 Å². The molecule has 0 unspecified atom stereocenters. The average Bonchev–Trinajstić information content (AvgIpc) is 2.59. The lowest BCUT2D eigenvalue weighted by Crippen LogP contribution is -2.41. The molecular weight excluding hydrogens is 336 g/mol. The second-order valence-corrected chi connectivity index (χ2v) is 6.90. The second kappa shape index (κ2) is 8.22. The Morgan fingerprint density at radius 3 is 2.42 bits per heavy atom. The molecule has 0 aliphatic rings. The van der Waals surface area contributed by atoms with Crippen LogP contribution in [0.25, 0.3) is 0 Å². The highest BCUT2D eigenvalue weighted by Gasteiger charge is 2.26. The Morgan fingerprint density at radius 2 is 1.88 bits per heavy atom. The minimum Gasteiger partial charge on any atom is -0.464 e. The third-order valence-corrected chi connectivity index (χ3v) is 5.18. The van der Waals surface area contributed by atoms with Crippen LogP contribution in [0.3, 0.4) is 0 Å². The van der Waals surface area contributed by atoms with Crippen molar-refractivity contribution in [3.63, 3.8) is 0 Å². The van der Waals surface area contributed by atoms with Crippen molar-refractivity contribution >= 4 is 21.9 Å². The third kappa shape index (κ3) is 4.31. The van der Waals surface area contributed by atoms with Gasteiger partial charge in [-0.2, -0.15) is 0 Å². The summed E-state index contributed by atoms with van der Waals surface area (Å²) in [7, 11) is 0.0559. The van der Waals surface area contributed by atoms with E-state index in [9.17, 15) is 18.0 Å². The van der Waals surface area contributed by atoms with Gasteiger partial charge in [-0.1, -0.05) is 10.5 Å². The van der Waals surface area contributed by atoms with Crippen molar-refractivity contribution in [2.45, 2.75) is 24.8 Å². The number of ether oxygens (including phenoxy) is 1. The van der Waals surface area contributed by atoms with Gasteiger partial charge in [-0.15, -0.1) is 0 Å². The van der Waals surface area contributed by atoms with E-state index in [0.717, 1.165) is 0 Å². The monoisotopic (exact) mass is 358 g/mol. The quantitative estimate of drug-likeness (QED) is 0.531. The first-order valence-corrected chi connectivity index (χ1v) is 8.67. The molecule has 0 aliphatic heterocycles. The molecule has 0 spiro atoms. The van der Waals surface area contributed by atoms with Gasteiger partial charge < -0.3 is 9.64 Å². The standard InChI is InChI=1S/C15H22N2O6S/c1-6-23-15(19)11(2)16(3)14(18)12-8-7-9-13(10-12)24(20,21)17(4)22-5/h7-11H,6H2,1-5H3/t11-/m0/s1. The molecule has 1 atom stereocenters. The highest BCUT2D eigenvalue weighted by Crippen LogP contribution is 2.17. The van der Waals surface area contributed by atoms with Crippen LogP contribution < -0.4 is 0 Å². The number of hydrogen-bond acceptors (Lipinski definition) is 6. The van der Waals surface area contributed by atoms with Gasteiger partial charge in [-0.25, -0.2) is 13.2 Å². The van der Waals surface area contributed by atoms with Gasteiger partial charge in [-0.3, -0.25) is 9.63 Å². The normalized spacial score (nSPS) is 12.8. The molecule has 0 saturated carbocycles. The molecule has 24 heavy (non-hydrogen) atoms. The summed E-state index contributed by atoms with van der Waals surface area (Å²) in [6.07, 6.45) is 0. The summed E-state index contributed by atoms with van der Waals surface area (Å²) in [5, 5.41) is 0. The molecule has 1 aromatic carbocycles. The van der Waals surface area contributed by atoms with Gasteiger partial charge in [0.1, 0.15) is 6.04 Å². The summed E-state index contributed by atoms with van der Waals surface area (Å²) in [5.74, 6) is -1.02. The van der Waals surface area contributed by atoms with E-state index in [1.54, 1.807) is 6.92 Å². The van der Waals surface area contributed by atoms with Gasteiger partial charge in [0.25, 0.3) is 15.9 Å². The second-order valence-electron chi connectivity index (χ2n) is 4.97. The van der Waals surface area contributed by atoms with E-state index >= 15 is 0 Å². The van der Waals surface area contributed by atoms with Crippen molar-refractivity contribution in [2.24, 2.45) is 0 Å². The van der Waals surface area contributed by atoms with E-state index in [-0.39, 0.29) is 17.1 Å². The molecule has 0 N–H and O–H groups in total. The van der Waals surface area contributed by atoms with Crippen molar-refractivity contribution in [1.29, 1.82) is 0 Å². The minimum atomic E-state index is -3.87. The first-order valence-electron chi connectivity index (χ1n) is 7.23. The molecule has 0 heterocycles. The van der Waals surface area contributed by atoms with Crippen LogP contribution in [-0.2, 0) is 24.4 Å². The summed E-state index contributed by atoms with van der Waals surface area (Å²) >= 11 is 0. The minimum absolute atomic E-state index is 0.0881. The molecule has 1 aromatic rings. The SMILES string of the molecule is CCOC(=O)[C@H](C)N(C)C(=O)c1cccc(S(=O)(=O)N(C)OC)c1. The molecule has 9 heteroatoms. The molecule has 0 fully saturated rings. The van der Waals surface area contributed by atoms with Crippen LogP contribution in [0.2, 0.25) is 0 Å². The van der Waals surface area contributed by atoms with Gasteiger partial charge in [0.15, 0.2) is 0 Å². The topological polar surface area (TPSA) is 93.2 Å². The molecule has 134 valence electrons. The van der Waals surface area contributed by atoms with Crippen molar-refractivity contribution in [2.75, 3.05) is 27.8 Å². The summed E-state index contributed by atoms with van der Waals surface area (Å²) in [6.45, 7) is 3.42. The van der Waals surface area contributed by atoms with Crippen LogP contribution in [0.4, 0.5) is 0 Å². The van der Waals surface area contributed by atoms with Crippen molar-refractivity contribution < 1.29 is 27.6 Å². The largest absolute Gasteiger partial charge is 0.464 e. The molecule has 1 amide bonds. The van der Waals surface area contributed by atoms with Crippen LogP contribution in [-0.4, -0.2) is 63.5 Å². The zero-order chi connectivity index (χ0) is 18.5. The Balaban J connectivity index is 3.09.